The van der Waals surface area contributed by atoms with Crippen molar-refractivity contribution >= 4 is 28.9 Å². The van der Waals surface area contributed by atoms with E-state index in [0.717, 1.165) is 27.9 Å². The molecular formula is C13H15ClN4. The Labute approximate surface area is 111 Å². The number of hydrogen-bond acceptors (Lipinski definition) is 4. The number of nitrogens with zero attached hydrogens (tertiary/aromatic N) is 2. The topological polar surface area (TPSA) is 49.8 Å². The number of hydrogen-bond donors (Lipinski definition) is 2. The van der Waals surface area contributed by atoms with Gasteiger partial charge in [-0.15, -0.1) is 0 Å². The summed E-state index contributed by atoms with van der Waals surface area (Å²) in [5.74, 6) is 2.24. The molecule has 18 heavy (non-hydrogen) atoms. The largest absolute Gasteiger partial charge is 0.373 e. The van der Waals surface area contributed by atoms with Gasteiger partial charge in [-0.1, -0.05) is 17.7 Å². The molecule has 2 rings (SSSR count). The summed E-state index contributed by atoms with van der Waals surface area (Å²) >= 11 is 6.08. The van der Waals surface area contributed by atoms with E-state index in [0.29, 0.717) is 5.82 Å². The molecule has 0 radical (unpaired) electrons. The maximum Gasteiger partial charge on any atom is 0.136 e. The zero-order valence-corrected chi connectivity index (χ0v) is 11.3. The SMILES string of the molecule is CNc1cc(Nc2cccc(Cl)c2C)nc(C)n1. The first kappa shape index (κ1) is 12.6. The van der Waals surface area contributed by atoms with E-state index in [1.54, 1.807) is 0 Å². The van der Waals surface area contributed by atoms with Gasteiger partial charge in [0, 0.05) is 23.8 Å². The van der Waals surface area contributed by atoms with Crippen LogP contribution in [0.2, 0.25) is 5.02 Å². The van der Waals surface area contributed by atoms with Crippen LogP contribution in [0.5, 0.6) is 0 Å². The monoisotopic (exact) mass is 262 g/mol. The van der Waals surface area contributed by atoms with Gasteiger partial charge in [0.05, 0.1) is 0 Å². The Bertz CT molecular complexity index is 569. The molecule has 94 valence electrons. The number of aryl methyl sites for hydroxylation is 1. The number of aromatic nitrogens is 2. The van der Waals surface area contributed by atoms with E-state index in [-0.39, 0.29) is 0 Å². The molecule has 0 spiro atoms. The number of halogens is 1. The minimum atomic E-state index is 0.712. The highest BCUT2D eigenvalue weighted by molar-refractivity contribution is 6.31. The third-order valence-electron chi connectivity index (χ3n) is 2.62. The van der Waals surface area contributed by atoms with Crippen LogP contribution in [0, 0.1) is 13.8 Å². The first-order valence-corrected chi connectivity index (χ1v) is 6.03. The summed E-state index contributed by atoms with van der Waals surface area (Å²) in [7, 11) is 1.83. The van der Waals surface area contributed by atoms with Gasteiger partial charge in [0.1, 0.15) is 17.5 Å². The molecule has 0 amide bonds. The van der Waals surface area contributed by atoms with Crippen molar-refractivity contribution in [3.63, 3.8) is 0 Å². The van der Waals surface area contributed by atoms with E-state index >= 15 is 0 Å². The molecule has 2 aromatic rings. The molecule has 0 aliphatic heterocycles. The zero-order chi connectivity index (χ0) is 13.1. The molecule has 0 saturated carbocycles. The van der Waals surface area contributed by atoms with Crippen molar-refractivity contribution in [1.29, 1.82) is 0 Å². The second kappa shape index (κ2) is 5.23. The van der Waals surface area contributed by atoms with Crippen molar-refractivity contribution in [2.75, 3.05) is 17.7 Å². The highest BCUT2D eigenvalue weighted by atomic mass is 35.5. The fourth-order valence-electron chi connectivity index (χ4n) is 1.64. The molecule has 0 fully saturated rings. The molecule has 1 aromatic heterocycles. The maximum atomic E-state index is 6.08. The third-order valence-corrected chi connectivity index (χ3v) is 3.03. The van der Waals surface area contributed by atoms with Gasteiger partial charge in [-0.3, -0.25) is 0 Å². The van der Waals surface area contributed by atoms with E-state index in [9.17, 15) is 0 Å². The Morgan fingerprint density at radius 3 is 2.56 bits per heavy atom. The van der Waals surface area contributed by atoms with Gasteiger partial charge in [-0.2, -0.15) is 0 Å². The number of anilines is 3. The molecule has 0 aliphatic rings. The normalized spacial score (nSPS) is 10.2. The van der Waals surface area contributed by atoms with Crippen LogP contribution in [0.4, 0.5) is 17.3 Å². The molecule has 0 unspecified atom stereocenters. The smallest absolute Gasteiger partial charge is 0.136 e. The molecule has 1 aromatic carbocycles. The highest BCUT2D eigenvalue weighted by Crippen LogP contribution is 2.26. The molecule has 4 nitrogen and oxygen atoms in total. The summed E-state index contributed by atoms with van der Waals surface area (Å²) in [4.78, 5) is 8.59. The lowest BCUT2D eigenvalue weighted by atomic mass is 10.2. The lowest BCUT2D eigenvalue weighted by Crippen LogP contribution is -2.02. The summed E-state index contributed by atoms with van der Waals surface area (Å²) in [6.45, 7) is 3.83. The third kappa shape index (κ3) is 2.71. The fourth-order valence-corrected chi connectivity index (χ4v) is 1.82. The molecule has 0 atom stereocenters. The molecule has 0 saturated heterocycles. The number of rotatable bonds is 3. The Kier molecular flexibility index (Phi) is 3.67. The van der Waals surface area contributed by atoms with Crippen LogP contribution in [0.1, 0.15) is 11.4 Å². The van der Waals surface area contributed by atoms with Crippen LogP contribution in [-0.4, -0.2) is 17.0 Å². The van der Waals surface area contributed by atoms with Crippen molar-refractivity contribution in [3.05, 3.63) is 40.7 Å². The minimum Gasteiger partial charge on any atom is -0.373 e. The number of nitrogens with one attached hydrogen (secondary N) is 2. The zero-order valence-electron chi connectivity index (χ0n) is 10.6. The summed E-state index contributed by atoms with van der Waals surface area (Å²) in [6, 6.07) is 7.60. The maximum absolute atomic E-state index is 6.08. The summed E-state index contributed by atoms with van der Waals surface area (Å²) in [6.07, 6.45) is 0. The van der Waals surface area contributed by atoms with Crippen LogP contribution in [-0.2, 0) is 0 Å². The van der Waals surface area contributed by atoms with Crippen molar-refractivity contribution < 1.29 is 0 Å². The first-order valence-electron chi connectivity index (χ1n) is 5.65. The van der Waals surface area contributed by atoms with E-state index in [2.05, 4.69) is 20.6 Å². The average Bonchev–Trinajstić information content (AvgIpc) is 2.34. The standard InChI is InChI=1S/C13H15ClN4/c1-8-10(14)5-4-6-11(8)18-13-7-12(15-3)16-9(2)17-13/h4-7H,1-3H3,(H2,15,16,17,18). The lowest BCUT2D eigenvalue weighted by molar-refractivity contribution is 1.05. The molecule has 0 bridgehead atoms. The Hall–Kier alpha value is -1.81. The summed E-state index contributed by atoms with van der Waals surface area (Å²) in [5.41, 5.74) is 1.95. The van der Waals surface area contributed by atoms with Crippen molar-refractivity contribution in [2.24, 2.45) is 0 Å². The quantitative estimate of drug-likeness (QED) is 0.888. The summed E-state index contributed by atoms with van der Waals surface area (Å²) < 4.78 is 0. The second-order valence-corrected chi connectivity index (χ2v) is 4.38. The van der Waals surface area contributed by atoms with Crippen LogP contribution >= 0.6 is 11.6 Å². The molecule has 1 heterocycles. The second-order valence-electron chi connectivity index (χ2n) is 3.97. The van der Waals surface area contributed by atoms with Crippen LogP contribution in [0.25, 0.3) is 0 Å². The van der Waals surface area contributed by atoms with Gasteiger partial charge in [0.2, 0.25) is 0 Å². The van der Waals surface area contributed by atoms with Crippen molar-refractivity contribution in [3.8, 4) is 0 Å². The fraction of sp³-hybridized carbons (Fsp3) is 0.231. The van der Waals surface area contributed by atoms with E-state index in [4.69, 9.17) is 11.6 Å². The van der Waals surface area contributed by atoms with Crippen LogP contribution < -0.4 is 10.6 Å². The Morgan fingerprint density at radius 1 is 1.11 bits per heavy atom. The van der Waals surface area contributed by atoms with Gasteiger partial charge in [0.15, 0.2) is 0 Å². The number of benzene rings is 1. The highest BCUT2D eigenvalue weighted by Gasteiger charge is 2.05. The first-order chi connectivity index (χ1) is 8.60. The van der Waals surface area contributed by atoms with E-state index in [1.165, 1.54) is 0 Å². The van der Waals surface area contributed by atoms with Crippen molar-refractivity contribution in [1.82, 2.24) is 9.97 Å². The minimum absolute atomic E-state index is 0.712. The van der Waals surface area contributed by atoms with Crippen LogP contribution in [0.15, 0.2) is 24.3 Å². The van der Waals surface area contributed by atoms with E-state index in [1.807, 2.05) is 45.2 Å². The summed E-state index contributed by atoms with van der Waals surface area (Å²) in [5, 5.41) is 6.99. The Morgan fingerprint density at radius 2 is 1.83 bits per heavy atom. The molecule has 0 aliphatic carbocycles. The van der Waals surface area contributed by atoms with Gasteiger partial charge in [-0.25, -0.2) is 9.97 Å². The molecule has 2 N–H and O–H groups in total. The molecular weight excluding hydrogens is 248 g/mol. The average molecular weight is 263 g/mol. The molecule has 5 heteroatoms. The van der Waals surface area contributed by atoms with Gasteiger partial charge >= 0.3 is 0 Å². The van der Waals surface area contributed by atoms with Gasteiger partial charge in [-0.05, 0) is 31.5 Å². The predicted molar refractivity (Wildman–Crippen MR) is 75.8 cm³/mol. The lowest BCUT2D eigenvalue weighted by Gasteiger charge is -2.11. The van der Waals surface area contributed by atoms with Gasteiger partial charge in [0.25, 0.3) is 0 Å². The van der Waals surface area contributed by atoms with E-state index < -0.39 is 0 Å². The van der Waals surface area contributed by atoms with Crippen LogP contribution in [0.3, 0.4) is 0 Å². The van der Waals surface area contributed by atoms with Gasteiger partial charge < -0.3 is 10.6 Å². The predicted octanol–water partition coefficient (Wildman–Crippen LogP) is 3.53. The Balaban J connectivity index is 2.34. The van der Waals surface area contributed by atoms with Crippen molar-refractivity contribution in [2.45, 2.75) is 13.8 Å².